The quantitative estimate of drug-likeness (QED) is 0.642. The average Bonchev–Trinajstić information content (AvgIpc) is 2.66. The number of aromatic nitrogens is 1. The molecule has 0 radical (unpaired) electrons. The molecule has 138 valence electrons. The van der Waals surface area contributed by atoms with Crippen molar-refractivity contribution < 1.29 is 5.11 Å². The Kier molecular flexibility index (Phi) is 4.61. The van der Waals surface area contributed by atoms with Crippen molar-refractivity contribution in [1.29, 1.82) is 0 Å². The highest BCUT2D eigenvalue weighted by Crippen LogP contribution is 2.49. The van der Waals surface area contributed by atoms with Gasteiger partial charge in [0.25, 0.3) is 0 Å². The van der Waals surface area contributed by atoms with E-state index in [1.807, 2.05) is 36.5 Å². The molecule has 2 heteroatoms. The summed E-state index contributed by atoms with van der Waals surface area (Å²) in [6.45, 7) is 4.37. The molecule has 2 aromatic carbocycles. The Bertz CT molecular complexity index is 974. The van der Waals surface area contributed by atoms with Gasteiger partial charge in [-0.2, -0.15) is 0 Å². The summed E-state index contributed by atoms with van der Waals surface area (Å²) in [7, 11) is 0. The first kappa shape index (κ1) is 17.9. The first-order valence-electron chi connectivity index (χ1n) is 9.80. The predicted octanol–water partition coefficient (Wildman–Crippen LogP) is 5.80. The second-order valence-corrected chi connectivity index (χ2v) is 8.38. The lowest BCUT2D eigenvalue weighted by Crippen LogP contribution is -2.50. The molecule has 27 heavy (non-hydrogen) atoms. The molecule has 1 aliphatic rings. The number of pyridine rings is 1. The molecule has 1 unspecified atom stereocenters. The summed E-state index contributed by atoms with van der Waals surface area (Å²) in [6.07, 6.45) is 7.71. The summed E-state index contributed by atoms with van der Waals surface area (Å²) >= 11 is 0. The minimum absolute atomic E-state index is 0.195. The summed E-state index contributed by atoms with van der Waals surface area (Å²) in [5.41, 5.74) is 2.13. The van der Waals surface area contributed by atoms with Crippen LogP contribution in [0.4, 0.5) is 0 Å². The van der Waals surface area contributed by atoms with Crippen molar-refractivity contribution >= 4 is 16.8 Å². The fraction of sp³-hybridized carbons (Fsp3) is 0.320. The normalized spacial score (nSPS) is 23.6. The zero-order valence-electron chi connectivity index (χ0n) is 16.2. The highest BCUT2D eigenvalue weighted by molar-refractivity contribution is 5.81. The first-order chi connectivity index (χ1) is 13.0. The van der Waals surface area contributed by atoms with Gasteiger partial charge < -0.3 is 5.11 Å². The zero-order valence-corrected chi connectivity index (χ0v) is 16.2. The molecule has 2 nitrogen and oxygen atoms in total. The Morgan fingerprint density at radius 3 is 2.48 bits per heavy atom. The van der Waals surface area contributed by atoms with Crippen LogP contribution < -0.4 is 0 Å². The third-order valence-corrected chi connectivity index (χ3v) is 6.16. The molecular formula is C25H27NO. The number of hydrogen-bond acceptors (Lipinski definition) is 2. The van der Waals surface area contributed by atoms with Gasteiger partial charge in [0.1, 0.15) is 0 Å². The van der Waals surface area contributed by atoms with E-state index >= 15 is 0 Å². The third-order valence-electron chi connectivity index (χ3n) is 6.16. The van der Waals surface area contributed by atoms with Crippen LogP contribution in [0.25, 0.3) is 16.8 Å². The molecule has 1 atom stereocenters. The van der Waals surface area contributed by atoms with Gasteiger partial charge in [-0.25, -0.2) is 0 Å². The van der Waals surface area contributed by atoms with Crippen LogP contribution in [0, 0.1) is 5.41 Å². The van der Waals surface area contributed by atoms with Crippen molar-refractivity contribution in [2.45, 2.75) is 45.1 Å². The second kappa shape index (κ2) is 6.94. The molecule has 1 saturated carbocycles. The third kappa shape index (κ3) is 3.42. The van der Waals surface area contributed by atoms with E-state index in [4.69, 9.17) is 0 Å². The number of benzene rings is 2. The molecule has 0 spiro atoms. The standard InChI is InChI=1S/C25H27NO/c1-24(2)14-8-13-22(15-19-9-4-3-5-10-19)25(24,27)17-23-16-20-11-6-7-12-21(20)18-26-23/h3-7,9-12,15-16,18,27H,8,13-14,17H2,1-2H3/b22-15+. The average molecular weight is 357 g/mol. The SMILES string of the molecule is CC1(C)CCC/C(=C\c2ccccc2)C1(O)Cc1cc2ccccc2cn1. The lowest BCUT2D eigenvalue weighted by Gasteiger charge is -2.48. The maximum absolute atomic E-state index is 11.9. The lowest BCUT2D eigenvalue weighted by atomic mass is 9.61. The molecule has 1 fully saturated rings. The molecule has 1 aliphatic carbocycles. The minimum atomic E-state index is -0.892. The Hall–Kier alpha value is -2.45. The number of rotatable bonds is 3. The molecule has 1 N–H and O–H groups in total. The van der Waals surface area contributed by atoms with Gasteiger partial charge in [-0.3, -0.25) is 4.98 Å². The van der Waals surface area contributed by atoms with E-state index in [2.05, 4.69) is 55.2 Å². The monoisotopic (exact) mass is 357 g/mol. The molecule has 4 rings (SSSR count). The van der Waals surface area contributed by atoms with Crippen molar-refractivity contribution in [3.05, 3.63) is 83.7 Å². The number of hydrogen-bond donors (Lipinski definition) is 1. The molecule has 3 aromatic rings. The van der Waals surface area contributed by atoms with E-state index in [0.29, 0.717) is 6.42 Å². The van der Waals surface area contributed by atoms with E-state index in [9.17, 15) is 5.11 Å². The van der Waals surface area contributed by atoms with Crippen LogP contribution in [0.1, 0.15) is 44.4 Å². The van der Waals surface area contributed by atoms with Crippen LogP contribution >= 0.6 is 0 Å². The van der Waals surface area contributed by atoms with Gasteiger partial charge in [-0.1, -0.05) is 74.5 Å². The van der Waals surface area contributed by atoms with Crippen LogP contribution in [0.15, 0.2) is 72.4 Å². The van der Waals surface area contributed by atoms with E-state index in [-0.39, 0.29) is 5.41 Å². The molecule has 0 amide bonds. The van der Waals surface area contributed by atoms with Crippen molar-refractivity contribution in [3.63, 3.8) is 0 Å². The molecule has 1 aromatic heterocycles. The van der Waals surface area contributed by atoms with Gasteiger partial charge in [0.2, 0.25) is 0 Å². The maximum atomic E-state index is 11.9. The van der Waals surface area contributed by atoms with Crippen LogP contribution in [0.5, 0.6) is 0 Å². The van der Waals surface area contributed by atoms with Gasteiger partial charge in [0.15, 0.2) is 0 Å². The van der Waals surface area contributed by atoms with Crippen molar-refractivity contribution in [1.82, 2.24) is 4.98 Å². The fourth-order valence-electron chi connectivity index (χ4n) is 4.35. The van der Waals surface area contributed by atoms with Crippen molar-refractivity contribution in [2.24, 2.45) is 5.41 Å². The highest BCUT2D eigenvalue weighted by atomic mass is 16.3. The number of nitrogens with zero attached hydrogens (tertiary/aromatic N) is 1. The van der Waals surface area contributed by atoms with Gasteiger partial charge in [-0.05, 0) is 47.3 Å². The highest BCUT2D eigenvalue weighted by Gasteiger charge is 2.48. The fourth-order valence-corrected chi connectivity index (χ4v) is 4.35. The molecule has 0 aliphatic heterocycles. The summed E-state index contributed by atoms with van der Waals surface area (Å²) in [4.78, 5) is 4.67. The van der Waals surface area contributed by atoms with Crippen LogP contribution in [0.2, 0.25) is 0 Å². The van der Waals surface area contributed by atoms with Gasteiger partial charge in [-0.15, -0.1) is 0 Å². The van der Waals surface area contributed by atoms with Crippen LogP contribution in [0.3, 0.4) is 0 Å². The van der Waals surface area contributed by atoms with E-state index in [1.54, 1.807) is 0 Å². The van der Waals surface area contributed by atoms with Crippen molar-refractivity contribution in [2.75, 3.05) is 0 Å². The van der Waals surface area contributed by atoms with Crippen LogP contribution in [-0.4, -0.2) is 15.7 Å². The smallest absolute Gasteiger partial charge is 0.0965 e. The minimum Gasteiger partial charge on any atom is -0.385 e. The topological polar surface area (TPSA) is 33.1 Å². The Labute approximate surface area is 161 Å². The lowest BCUT2D eigenvalue weighted by molar-refractivity contribution is -0.0548. The van der Waals surface area contributed by atoms with E-state index in [0.717, 1.165) is 41.5 Å². The summed E-state index contributed by atoms with van der Waals surface area (Å²) in [5, 5.41) is 14.2. The Balaban J connectivity index is 1.75. The predicted molar refractivity (Wildman–Crippen MR) is 112 cm³/mol. The molecule has 0 bridgehead atoms. The number of aliphatic hydroxyl groups is 1. The largest absolute Gasteiger partial charge is 0.385 e. The summed E-state index contributed by atoms with van der Waals surface area (Å²) in [6, 6.07) is 20.7. The Morgan fingerprint density at radius 1 is 1.00 bits per heavy atom. The zero-order chi connectivity index (χ0) is 18.9. The van der Waals surface area contributed by atoms with E-state index in [1.165, 1.54) is 5.39 Å². The van der Waals surface area contributed by atoms with Crippen LogP contribution in [-0.2, 0) is 6.42 Å². The summed E-state index contributed by atoms with van der Waals surface area (Å²) in [5.74, 6) is 0. The maximum Gasteiger partial charge on any atom is 0.0965 e. The van der Waals surface area contributed by atoms with Gasteiger partial charge in [0, 0.05) is 23.7 Å². The first-order valence-corrected chi connectivity index (χ1v) is 9.80. The number of fused-ring (bicyclic) bond motifs is 1. The van der Waals surface area contributed by atoms with Gasteiger partial charge in [0.05, 0.1) is 5.60 Å². The van der Waals surface area contributed by atoms with E-state index < -0.39 is 5.60 Å². The van der Waals surface area contributed by atoms with Crippen molar-refractivity contribution in [3.8, 4) is 0 Å². The molecule has 1 heterocycles. The van der Waals surface area contributed by atoms with Gasteiger partial charge >= 0.3 is 0 Å². The molecular weight excluding hydrogens is 330 g/mol. The molecule has 0 saturated heterocycles. The summed E-state index contributed by atoms with van der Waals surface area (Å²) < 4.78 is 0. The Morgan fingerprint density at radius 2 is 1.70 bits per heavy atom. The second-order valence-electron chi connectivity index (χ2n) is 8.38.